The molecule has 3 rings (SSSR count). The normalized spacial score (nSPS) is 13.2. The number of fused-ring (bicyclic) bond motifs is 1. The van der Waals surface area contributed by atoms with Crippen molar-refractivity contribution in [1.82, 2.24) is 5.43 Å². The summed E-state index contributed by atoms with van der Waals surface area (Å²) in [7, 11) is 0. The number of benzene rings is 2. The highest BCUT2D eigenvalue weighted by atomic mass is 16.7. The largest absolute Gasteiger partial charge is 0.454 e. The fourth-order valence-corrected chi connectivity index (χ4v) is 1.84. The molecule has 0 atom stereocenters. The van der Waals surface area contributed by atoms with Crippen LogP contribution < -0.4 is 26.1 Å². The molecule has 0 fully saturated rings. The minimum Gasteiger partial charge on any atom is -0.454 e. The second kappa shape index (κ2) is 5.50. The van der Waals surface area contributed by atoms with Gasteiger partial charge in [0.05, 0.1) is 5.69 Å². The Morgan fingerprint density at radius 3 is 2.65 bits per heavy atom. The van der Waals surface area contributed by atoms with Gasteiger partial charge in [-0.1, -0.05) is 18.2 Å². The van der Waals surface area contributed by atoms with E-state index in [1.54, 1.807) is 0 Å². The minimum atomic E-state index is 0.249. The smallest absolute Gasteiger partial charge is 0.231 e. The van der Waals surface area contributed by atoms with Crippen molar-refractivity contribution in [2.45, 2.75) is 0 Å². The number of hydrogen-bond acceptors (Lipinski definition) is 4. The Kier molecular flexibility index (Phi) is 3.38. The van der Waals surface area contributed by atoms with Gasteiger partial charge in [-0.2, -0.15) is 0 Å². The van der Waals surface area contributed by atoms with Crippen LogP contribution in [-0.2, 0) is 0 Å². The molecule has 6 heteroatoms. The first kappa shape index (κ1) is 12.3. The molecule has 0 unspecified atom stereocenters. The van der Waals surface area contributed by atoms with E-state index < -0.39 is 0 Å². The molecule has 0 saturated carbocycles. The van der Waals surface area contributed by atoms with Crippen LogP contribution in [0.25, 0.3) is 0 Å². The maximum Gasteiger partial charge on any atom is 0.231 e. The Morgan fingerprint density at radius 1 is 1.05 bits per heavy atom. The van der Waals surface area contributed by atoms with Crippen LogP contribution >= 0.6 is 0 Å². The Bertz CT molecular complexity index is 628. The van der Waals surface area contributed by atoms with Gasteiger partial charge in [0.25, 0.3) is 0 Å². The first-order valence-corrected chi connectivity index (χ1v) is 6.12. The first-order chi connectivity index (χ1) is 9.85. The highest BCUT2D eigenvalue weighted by molar-refractivity contribution is 5.95. The van der Waals surface area contributed by atoms with Crippen LogP contribution in [0.4, 0.5) is 11.4 Å². The van der Waals surface area contributed by atoms with E-state index in [9.17, 15) is 0 Å². The molecule has 0 spiro atoms. The van der Waals surface area contributed by atoms with Crippen molar-refractivity contribution < 1.29 is 9.47 Å². The van der Waals surface area contributed by atoms with E-state index in [4.69, 9.17) is 15.3 Å². The number of nitrogens with two attached hydrogens (primary N) is 1. The standard InChI is InChI=1S/C14H14N4O2/c15-18-14(16-10-4-2-1-3-5-10)17-11-6-7-12-13(8-11)20-9-19-12/h1-8H,9,15H2,(H2,16,17,18). The average molecular weight is 270 g/mol. The van der Waals surface area contributed by atoms with Crippen molar-refractivity contribution in [1.29, 1.82) is 0 Å². The molecule has 102 valence electrons. The van der Waals surface area contributed by atoms with Gasteiger partial charge >= 0.3 is 0 Å². The zero-order chi connectivity index (χ0) is 13.8. The Labute approximate surface area is 116 Å². The van der Waals surface area contributed by atoms with E-state index >= 15 is 0 Å². The first-order valence-electron chi connectivity index (χ1n) is 6.12. The summed E-state index contributed by atoms with van der Waals surface area (Å²) in [6, 6.07) is 15.1. The summed E-state index contributed by atoms with van der Waals surface area (Å²) in [5, 5.41) is 3.09. The van der Waals surface area contributed by atoms with E-state index in [2.05, 4.69) is 15.7 Å². The molecule has 4 N–H and O–H groups in total. The van der Waals surface area contributed by atoms with E-state index in [1.807, 2.05) is 48.5 Å². The molecular formula is C14H14N4O2. The quantitative estimate of drug-likeness (QED) is 0.336. The summed E-state index contributed by atoms with van der Waals surface area (Å²) in [4.78, 5) is 4.36. The SMILES string of the molecule is NNC(=Nc1ccccc1)Nc1ccc2c(c1)OCO2. The van der Waals surface area contributed by atoms with E-state index in [0.717, 1.165) is 17.1 Å². The van der Waals surface area contributed by atoms with Crippen molar-refractivity contribution in [2.24, 2.45) is 10.8 Å². The number of hydrogen-bond donors (Lipinski definition) is 3. The lowest BCUT2D eigenvalue weighted by Gasteiger charge is -2.09. The lowest BCUT2D eigenvalue weighted by molar-refractivity contribution is 0.174. The van der Waals surface area contributed by atoms with Crippen LogP contribution in [-0.4, -0.2) is 12.8 Å². The summed E-state index contributed by atoms with van der Waals surface area (Å²) >= 11 is 0. The van der Waals surface area contributed by atoms with Gasteiger partial charge in [0.1, 0.15) is 0 Å². The van der Waals surface area contributed by atoms with Crippen LogP contribution in [0.2, 0.25) is 0 Å². The van der Waals surface area contributed by atoms with Crippen LogP contribution in [0.3, 0.4) is 0 Å². The molecule has 0 radical (unpaired) electrons. The number of para-hydroxylation sites is 1. The summed E-state index contributed by atoms with van der Waals surface area (Å²) in [5.74, 6) is 7.36. The van der Waals surface area contributed by atoms with Gasteiger partial charge in [-0.05, 0) is 24.3 Å². The van der Waals surface area contributed by atoms with Crippen molar-refractivity contribution >= 4 is 17.3 Å². The van der Waals surface area contributed by atoms with E-state index in [0.29, 0.717) is 11.7 Å². The number of rotatable bonds is 2. The van der Waals surface area contributed by atoms with Crippen LogP contribution in [0.15, 0.2) is 53.5 Å². The predicted octanol–water partition coefficient (Wildman–Crippen LogP) is 1.98. The van der Waals surface area contributed by atoms with Gasteiger partial charge in [0.15, 0.2) is 11.5 Å². The number of ether oxygens (including phenoxy) is 2. The molecule has 0 saturated heterocycles. The van der Waals surface area contributed by atoms with Gasteiger partial charge in [0, 0.05) is 11.8 Å². The highest BCUT2D eigenvalue weighted by Gasteiger charge is 2.13. The summed E-state index contributed by atoms with van der Waals surface area (Å²) < 4.78 is 10.6. The number of hydrazine groups is 1. The van der Waals surface area contributed by atoms with Gasteiger partial charge in [-0.15, -0.1) is 0 Å². The number of anilines is 1. The number of guanidine groups is 1. The molecule has 6 nitrogen and oxygen atoms in total. The van der Waals surface area contributed by atoms with Crippen LogP contribution in [0.1, 0.15) is 0 Å². The fraction of sp³-hybridized carbons (Fsp3) is 0.0714. The van der Waals surface area contributed by atoms with Crippen LogP contribution in [0, 0.1) is 0 Å². The molecule has 1 heterocycles. The highest BCUT2D eigenvalue weighted by Crippen LogP contribution is 2.34. The molecule has 0 amide bonds. The van der Waals surface area contributed by atoms with Crippen molar-refractivity contribution in [2.75, 3.05) is 12.1 Å². The number of nitrogens with zero attached hydrogens (tertiary/aromatic N) is 1. The van der Waals surface area contributed by atoms with E-state index in [1.165, 1.54) is 0 Å². The molecule has 0 aromatic heterocycles. The molecule has 0 bridgehead atoms. The van der Waals surface area contributed by atoms with Gasteiger partial charge in [-0.25, -0.2) is 10.8 Å². The summed E-state index contributed by atoms with van der Waals surface area (Å²) in [5.41, 5.74) is 4.14. The average Bonchev–Trinajstić information content (AvgIpc) is 2.95. The maximum atomic E-state index is 5.48. The molecule has 20 heavy (non-hydrogen) atoms. The Morgan fingerprint density at radius 2 is 1.85 bits per heavy atom. The zero-order valence-corrected chi connectivity index (χ0v) is 10.7. The Balaban J connectivity index is 1.80. The molecule has 0 aliphatic carbocycles. The zero-order valence-electron chi connectivity index (χ0n) is 10.7. The predicted molar refractivity (Wildman–Crippen MR) is 77.0 cm³/mol. The van der Waals surface area contributed by atoms with Gasteiger partial charge in [0.2, 0.25) is 12.8 Å². The van der Waals surface area contributed by atoms with Crippen LogP contribution in [0.5, 0.6) is 11.5 Å². The monoisotopic (exact) mass is 270 g/mol. The van der Waals surface area contributed by atoms with Crippen molar-refractivity contribution in [3.63, 3.8) is 0 Å². The summed E-state index contributed by atoms with van der Waals surface area (Å²) in [6.07, 6.45) is 0. The topological polar surface area (TPSA) is 80.9 Å². The second-order valence-electron chi connectivity index (χ2n) is 4.13. The molecule has 1 aliphatic heterocycles. The molecule has 2 aromatic rings. The molecular weight excluding hydrogens is 256 g/mol. The summed E-state index contributed by atoms with van der Waals surface area (Å²) in [6.45, 7) is 0.249. The number of nitrogens with one attached hydrogen (secondary N) is 2. The molecule has 2 aromatic carbocycles. The third-order valence-electron chi connectivity index (χ3n) is 2.77. The van der Waals surface area contributed by atoms with Crippen molar-refractivity contribution in [3.05, 3.63) is 48.5 Å². The lowest BCUT2D eigenvalue weighted by atomic mass is 10.3. The van der Waals surface area contributed by atoms with Crippen molar-refractivity contribution in [3.8, 4) is 11.5 Å². The van der Waals surface area contributed by atoms with Gasteiger partial charge in [-0.3, -0.25) is 5.43 Å². The number of aliphatic imine (C=N–C) groups is 1. The third kappa shape index (κ3) is 2.65. The Hall–Kier alpha value is -2.73. The third-order valence-corrected chi connectivity index (χ3v) is 2.77. The fourth-order valence-electron chi connectivity index (χ4n) is 1.84. The minimum absolute atomic E-state index is 0.249. The lowest BCUT2D eigenvalue weighted by Crippen LogP contribution is -2.35. The van der Waals surface area contributed by atoms with Gasteiger partial charge < -0.3 is 14.8 Å². The second-order valence-corrected chi connectivity index (χ2v) is 4.13. The maximum absolute atomic E-state index is 5.48. The van der Waals surface area contributed by atoms with E-state index in [-0.39, 0.29) is 6.79 Å². The molecule has 1 aliphatic rings.